The average Bonchev–Trinajstić information content (AvgIpc) is 2.67. The summed E-state index contributed by atoms with van der Waals surface area (Å²) in [4.78, 5) is 13.0. The van der Waals surface area contributed by atoms with Gasteiger partial charge in [-0.2, -0.15) is 0 Å². The summed E-state index contributed by atoms with van der Waals surface area (Å²) in [6.45, 7) is 0. The van der Waals surface area contributed by atoms with Crippen molar-refractivity contribution in [2.75, 3.05) is 28.4 Å². The number of hydrogen-bond acceptors (Lipinski definition) is 8. The lowest BCUT2D eigenvalue weighted by Crippen LogP contribution is -2.09. The van der Waals surface area contributed by atoms with Crippen LogP contribution in [0.1, 0.15) is 0 Å². The smallest absolute Gasteiger partial charge is 0.239 e. The Balaban J connectivity index is 2.41. The molecule has 8 heteroatoms. The van der Waals surface area contributed by atoms with Crippen molar-refractivity contribution in [3.63, 3.8) is 0 Å². The third-order valence-electron chi connectivity index (χ3n) is 4.11. The molecular formula is C19H18O8. The van der Waals surface area contributed by atoms with Crippen LogP contribution in [0.3, 0.4) is 0 Å². The summed E-state index contributed by atoms with van der Waals surface area (Å²) in [6.07, 6.45) is 0. The number of fused-ring (bicyclic) bond motifs is 1. The molecule has 1 aromatic heterocycles. The fourth-order valence-corrected chi connectivity index (χ4v) is 2.80. The van der Waals surface area contributed by atoms with E-state index in [1.54, 1.807) is 6.07 Å². The highest BCUT2D eigenvalue weighted by atomic mass is 16.5. The lowest BCUT2D eigenvalue weighted by molar-refractivity contribution is 0.362. The van der Waals surface area contributed by atoms with Gasteiger partial charge in [-0.3, -0.25) is 4.79 Å². The van der Waals surface area contributed by atoms with Gasteiger partial charge in [0.1, 0.15) is 5.39 Å². The Kier molecular flexibility index (Phi) is 4.72. The summed E-state index contributed by atoms with van der Waals surface area (Å²) in [6, 6.07) is 5.90. The minimum absolute atomic E-state index is 0.0203. The molecule has 142 valence electrons. The van der Waals surface area contributed by atoms with Crippen molar-refractivity contribution in [2.24, 2.45) is 0 Å². The number of rotatable bonds is 5. The first kappa shape index (κ1) is 18.2. The second kappa shape index (κ2) is 6.99. The Labute approximate surface area is 154 Å². The van der Waals surface area contributed by atoms with E-state index in [2.05, 4.69) is 0 Å². The predicted octanol–water partition coefficient (Wildman–Crippen LogP) is 2.91. The highest BCUT2D eigenvalue weighted by Gasteiger charge is 2.24. The minimum atomic E-state index is -0.612. The van der Waals surface area contributed by atoms with E-state index >= 15 is 0 Å². The van der Waals surface area contributed by atoms with Gasteiger partial charge < -0.3 is 33.6 Å². The van der Waals surface area contributed by atoms with E-state index in [-0.39, 0.29) is 51.2 Å². The van der Waals surface area contributed by atoms with Crippen LogP contribution >= 0.6 is 0 Å². The lowest BCUT2D eigenvalue weighted by atomic mass is 10.1. The summed E-state index contributed by atoms with van der Waals surface area (Å²) >= 11 is 0. The summed E-state index contributed by atoms with van der Waals surface area (Å²) in [5, 5.41) is 20.3. The van der Waals surface area contributed by atoms with Gasteiger partial charge in [0.2, 0.25) is 11.2 Å². The Hall–Kier alpha value is -3.55. The molecule has 0 amide bonds. The first-order chi connectivity index (χ1) is 13.0. The highest BCUT2D eigenvalue weighted by molar-refractivity contribution is 5.93. The molecule has 0 saturated carbocycles. The molecule has 1 heterocycles. The SMILES string of the molecule is COc1ccc(-c2oc3c(OC)cc(OC)c(O)c3c(=O)c2OC)cc1O. The molecule has 0 fully saturated rings. The molecule has 0 bridgehead atoms. The van der Waals surface area contributed by atoms with Gasteiger partial charge in [-0.05, 0) is 18.2 Å². The van der Waals surface area contributed by atoms with Crippen molar-refractivity contribution < 1.29 is 33.6 Å². The van der Waals surface area contributed by atoms with E-state index in [0.29, 0.717) is 5.56 Å². The van der Waals surface area contributed by atoms with Crippen LogP contribution in [-0.4, -0.2) is 38.7 Å². The van der Waals surface area contributed by atoms with Crippen LogP contribution < -0.4 is 24.4 Å². The van der Waals surface area contributed by atoms with E-state index in [1.807, 2.05) is 0 Å². The first-order valence-electron chi connectivity index (χ1n) is 7.82. The van der Waals surface area contributed by atoms with Gasteiger partial charge in [-0.1, -0.05) is 0 Å². The van der Waals surface area contributed by atoms with E-state index in [0.717, 1.165) is 0 Å². The summed E-state index contributed by atoms with van der Waals surface area (Å²) in [7, 11) is 5.48. The molecule has 3 rings (SSSR count). The van der Waals surface area contributed by atoms with Crippen molar-refractivity contribution in [2.45, 2.75) is 0 Å². The van der Waals surface area contributed by atoms with Crippen LogP contribution in [0.4, 0.5) is 0 Å². The second-order valence-corrected chi connectivity index (χ2v) is 5.51. The van der Waals surface area contributed by atoms with Crippen LogP contribution in [0.2, 0.25) is 0 Å². The topological polar surface area (TPSA) is 108 Å². The fraction of sp³-hybridized carbons (Fsp3) is 0.211. The Morgan fingerprint density at radius 3 is 2.07 bits per heavy atom. The molecule has 2 aromatic carbocycles. The number of ether oxygens (including phenoxy) is 4. The normalized spacial score (nSPS) is 10.7. The number of aromatic hydroxyl groups is 2. The van der Waals surface area contributed by atoms with Gasteiger partial charge in [0.15, 0.2) is 40.1 Å². The maximum absolute atomic E-state index is 13.0. The third kappa shape index (κ3) is 2.84. The molecule has 0 aliphatic heterocycles. The Morgan fingerprint density at radius 2 is 1.52 bits per heavy atom. The molecule has 2 N–H and O–H groups in total. The Morgan fingerprint density at radius 1 is 0.852 bits per heavy atom. The monoisotopic (exact) mass is 374 g/mol. The van der Waals surface area contributed by atoms with Crippen molar-refractivity contribution in [3.05, 3.63) is 34.5 Å². The average molecular weight is 374 g/mol. The van der Waals surface area contributed by atoms with Crippen LogP contribution in [-0.2, 0) is 0 Å². The summed E-state index contributed by atoms with van der Waals surface area (Å²) in [5.41, 5.74) is -0.216. The van der Waals surface area contributed by atoms with Crippen molar-refractivity contribution in [1.29, 1.82) is 0 Å². The number of methoxy groups -OCH3 is 4. The minimum Gasteiger partial charge on any atom is -0.504 e. The number of hydrogen-bond donors (Lipinski definition) is 2. The number of phenolic OH excluding ortho intramolecular Hbond substituents is 2. The molecule has 27 heavy (non-hydrogen) atoms. The van der Waals surface area contributed by atoms with Gasteiger partial charge in [0.25, 0.3) is 0 Å². The standard InChI is InChI=1S/C19H18O8/c1-23-11-6-5-9(7-10(11)20)17-19(26-4)16(22)14-15(21)12(24-2)8-13(25-3)18(14)27-17/h5-8,20-21H,1-4H3. The number of benzene rings is 2. The van der Waals surface area contributed by atoms with Crippen molar-refractivity contribution in [3.8, 4) is 45.8 Å². The first-order valence-corrected chi connectivity index (χ1v) is 7.82. The largest absolute Gasteiger partial charge is 0.504 e. The Bertz CT molecular complexity index is 1070. The highest BCUT2D eigenvalue weighted by Crippen LogP contribution is 2.43. The van der Waals surface area contributed by atoms with Gasteiger partial charge in [-0.25, -0.2) is 0 Å². The second-order valence-electron chi connectivity index (χ2n) is 5.51. The zero-order valence-corrected chi connectivity index (χ0v) is 15.2. The zero-order chi connectivity index (χ0) is 19.7. The molecule has 3 aromatic rings. The van der Waals surface area contributed by atoms with Crippen LogP contribution in [0.5, 0.6) is 34.5 Å². The van der Waals surface area contributed by atoms with Crippen molar-refractivity contribution >= 4 is 11.0 Å². The molecule has 0 unspecified atom stereocenters. The predicted molar refractivity (Wildman–Crippen MR) is 97.5 cm³/mol. The summed E-state index contributed by atoms with van der Waals surface area (Å²) < 4.78 is 26.5. The van der Waals surface area contributed by atoms with Crippen LogP contribution in [0, 0.1) is 0 Å². The fourth-order valence-electron chi connectivity index (χ4n) is 2.80. The maximum atomic E-state index is 13.0. The third-order valence-corrected chi connectivity index (χ3v) is 4.11. The lowest BCUT2D eigenvalue weighted by Gasteiger charge is -2.14. The molecule has 0 spiro atoms. The molecular weight excluding hydrogens is 356 g/mol. The molecule has 0 saturated heterocycles. The van der Waals surface area contributed by atoms with E-state index in [4.69, 9.17) is 23.4 Å². The molecule has 0 aliphatic rings. The van der Waals surface area contributed by atoms with Gasteiger partial charge in [-0.15, -0.1) is 0 Å². The maximum Gasteiger partial charge on any atom is 0.239 e. The zero-order valence-electron chi connectivity index (χ0n) is 15.2. The van der Waals surface area contributed by atoms with E-state index in [1.165, 1.54) is 46.6 Å². The summed E-state index contributed by atoms with van der Waals surface area (Å²) in [5.74, 6) is -0.0786. The quantitative estimate of drug-likeness (QED) is 0.702. The van der Waals surface area contributed by atoms with Crippen molar-refractivity contribution in [1.82, 2.24) is 0 Å². The van der Waals surface area contributed by atoms with Crippen LogP contribution in [0.15, 0.2) is 33.5 Å². The molecule has 0 atom stereocenters. The van der Waals surface area contributed by atoms with Crippen LogP contribution in [0.25, 0.3) is 22.3 Å². The molecule has 0 aliphatic carbocycles. The van der Waals surface area contributed by atoms with Gasteiger partial charge in [0, 0.05) is 11.6 Å². The van der Waals surface area contributed by atoms with E-state index in [9.17, 15) is 15.0 Å². The van der Waals surface area contributed by atoms with Gasteiger partial charge in [0.05, 0.1) is 28.4 Å². The molecule has 0 radical (unpaired) electrons. The number of phenols is 2. The molecule has 8 nitrogen and oxygen atoms in total. The van der Waals surface area contributed by atoms with Gasteiger partial charge >= 0.3 is 0 Å². The van der Waals surface area contributed by atoms with E-state index < -0.39 is 5.43 Å².